The third-order valence-electron chi connectivity index (χ3n) is 3.87. The lowest BCUT2D eigenvalue weighted by atomic mass is 9.95. The maximum Gasteiger partial charge on any atom is 0.0138 e. The lowest BCUT2D eigenvalue weighted by Gasteiger charge is -2.20. The molecular formula is C17H27NS. The van der Waals surface area contributed by atoms with E-state index >= 15 is 0 Å². The SMILES string of the molecule is CCCNCC(CCC)CC1Cc2ccccc2S1. The molecule has 0 radical (unpaired) electrons. The van der Waals surface area contributed by atoms with Crippen LogP contribution in [0, 0.1) is 5.92 Å². The number of nitrogens with one attached hydrogen (secondary N) is 1. The minimum atomic E-state index is 0.803. The van der Waals surface area contributed by atoms with Gasteiger partial charge in [0.15, 0.2) is 0 Å². The van der Waals surface area contributed by atoms with Crippen LogP contribution in [0.2, 0.25) is 0 Å². The summed E-state index contributed by atoms with van der Waals surface area (Å²) in [5.41, 5.74) is 1.56. The van der Waals surface area contributed by atoms with Gasteiger partial charge in [-0.1, -0.05) is 38.5 Å². The highest BCUT2D eigenvalue weighted by Gasteiger charge is 2.24. The highest BCUT2D eigenvalue weighted by Crippen LogP contribution is 2.39. The van der Waals surface area contributed by atoms with Gasteiger partial charge in [0.2, 0.25) is 0 Å². The Morgan fingerprint density at radius 1 is 1.26 bits per heavy atom. The van der Waals surface area contributed by atoms with Crippen LogP contribution >= 0.6 is 11.8 Å². The zero-order valence-corrected chi connectivity index (χ0v) is 13.1. The topological polar surface area (TPSA) is 12.0 Å². The van der Waals surface area contributed by atoms with E-state index in [1.165, 1.54) is 43.5 Å². The molecule has 1 aliphatic heterocycles. The van der Waals surface area contributed by atoms with Gasteiger partial charge in [-0.15, -0.1) is 11.8 Å². The van der Waals surface area contributed by atoms with E-state index in [1.807, 2.05) is 0 Å². The molecule has 2 unspecified atom stereocenters. The summed E-state index contributed by atoms with van der Waals surface area (Å²) in [6, 6.07) is 8.92. The van der Waals surface area contributed by atoms with Crippen LogP contribution < -0.4 is 5.32 Å². The molecule has 1 aromatic carbocycles. The average molecular weight is 277 g/mol. The molecule has 1 heterocycles. The van der Waals surface area contributed by atoms with Gasteiger partial charge in [-0.05, 0) is 56.3 Å². The van der Waals surface area contributed by atoms with E-state index in [1.54, 1.807) is 5.56 Å². The van der Waals surface area contributed by atoms with Crippen molar-refractivity contribution in [1.82, 2.24) is 5.32 Å². The molecule has 1 nitrogen and oxygen atoms in total. The molecule has 1 N–H and O–H groups in total. The Labute approximate surface area is 122 Å². The van der Waals surface area contributed by atoms with Crippen LogP contribution in [-0.4, -0.2) is 18.3 Å². The zero-order valence-electron chi connectivity index (χ0n) is 12.3. The van der Waals surface area contributed by atoms with Crippen molar-refractivity contribution < 1.29 is 0 Å². The van der Waals surface area contributed by atoms with Crippen molar-refractivity contribution in [2.45, 2.75) is 56.1 Å². The first-order valence-electron chi connectivity index (χ1n) is 7.78. The Balaban J connectivity index is 1.82. The fraction of sp³-hybridized carbons (Fsp3) is 0.647. The second kappa shape index (κ2) is 7.96. The smallest absolute Gasteiger partial charge is 0.0138 e. The van der Waals surface area contributed by atoms with E-state index in [0.29, 0.717) is 0 Å². The van der Waals surface area contributed by atoms with Gasteiger partial charge in [0.05, 0.1) is 0 Å². The monoisotopic (exact) mass is 277 g/mol. The summed E-state index contributed by atoms with van der Waals surface area (Å²) in [7, 11) is 0. The molecule has 2 rings (SSSR count). The summed E-state index contributed by atoms with van der Waals surface area (Å²) in [6.07, 6.45) is 6.55. The molecule has 0 fully saturated rings. The zero-order chi connectivity index (χ0) is 13.5. The second-order valence-electron chi connectivity index (χ2n) is 5.65. The standard InChI is InChI=1S/C17H27NS/c1-3-7-14(13-18-10-4-2)11-16-12-15-8-5-6-9-17(15)19-16/h5-6,8-9,14,16,18H,3-4,7,10-13H2,1-2H3. The first-order chi connectivity index (χ1) is 9.33. The third-order valence-corrected chi connectivity index (χ3v) is 5.21. The third kappa shape index (κ3) is 4.54. The van der Waals surface area contributed by atoms with Gasteiger partial charge < -0.3 is 5.32 Å². The minimum Gasteiger partial charge on any atom is -0.316 e. The van der Waals surface area contributed by atoms with Crippen molar-refractivity contribution in [2.24, 2.45) is 5.92 Å². The average Bonchev–Trinajstić information content (AvgIpc) is 2.81. The number of hydrogen-bond donors (Lipinski definition) is 1. The Kier molecular flexibility index (Phi) is 6.25. The summed E-state index contributed by atoms with van der Waals surface area (Å²) in [5.74, 6) is 0.850. The number of hydrogen-bond acceptors (Lipinski definition) is 2. The first kappa shape index (κ1) is 14.9. The van der Waals surface area contributed by atoms with E-state index in [-0.39, 0.29) is 0 Å². The normalized spacial score (nSPS) is 19.4. The molecule has 2 heteroatoms. The van der Waals surface area contributed by atoms with Gasteiger partial charge in [0, 0.05) is 10.1 Å². The Morgan fingerprint density at radius 2 is 2.11 bits per heavy atom. The van der Waals surface area contributed by atoms with Crippen LogP contribution in [0.25, 0.3) is 0 Å². The number of benzene rings is 1. The second-order valence-corrected chi connectivity index (χ2v) is 6.99. The maximum atomic E-state index is 3.61. The van der Waals surface area contributed by atoms with Gasteiger partial charge in [0.1, 0.15) is 0 Å². The van der Waals surface area contributed by atoms with Crippen LogP contribution in [0.5, 0.6) is 0 Å². The van der Waals surface area contributed by atoms with Crippen LogP contribution in [0.4, 0.5) is 0 Å². The van der Waals surface area contributed by atoms with Gasteiger partial charge in [0.25, 0.3) is 0 Å². The lowest BCUT2D eigenvalue weighted by molar-refractivity contribution is 0.410. The van der Waals surface area contributed by atoms with Crippen LogP contribution in [0.1, 0.15) is 45.1 Å². The molecule has 0 amide bonds. The minimum absolute atomic E-state index is 0.803. The molecule has 19 heavy (non-hydrogen) atoms. The van der Waals surface area contributed by atoms with Crippen molar-refractivity contribution in [2.75, 3.05) is 13.1 Å². The number of fused-ring (bicyclic) bond motifs is 1. The molecule has 0 spiro atoms. The predicted molar refractivity (Wildman–Crippen MR) is 86.0 cm³/mol. The Hall–Kier alpha value is -0.470. The molecule has 1 aromatic rings. The molecule has 0 saturated heterocycles. The van der Waals surface area contributed by atoms with E-state index in [0.717, 1.165) is 17.7 Å². The molecule has 0 aliphatic carbocycles. The molecule has 106 valence electrons. The van der Waals surface area contributed by atoms with Crippen molar-refractivity contribution in [1.29, 1.82) is 0 Å². The van der Waals surface area contributed by atoms with Crippen LogP contribution in [0.3, 0.4) is 0 Å². The highest BCUT2D eigenvalue weighted by atomic mass is 32.2. The molecule has 0 aromatic heterocycles. The molecule has 2 atom stereocenters. The quantitative estimate of drug-likeness (QED) is 0.702. The first-order valence-corrected chi connectivity index (χ1v) is 8.66. The van der Waals surface area contributed by atoms with Crippen molar-refractivity contribution in [3.05, 3.63) is 29.8 Å². The van der Waals surface area contributed by atoms with Gasteiger partial charge in [-0.2, -0.15) is 0 Å². The fourth-order valence-corrected chi connectivity index (χ4v) is 4.40. The molecule has 0 saturated carbocycles. The van der Waals surface area contributed by atoms with E-state index in [2.05, 4.69) is 55.2 Å². The lowest BCUT2D eigenvalue weighted by Crippen LogP contribution is -2.25. The summed E-state index contributed by atoms with van der Waals surface area (Å²) in [6.45, 7) is 6.92. The molecule has 1 aliphatic rings. The maximum absolute atomic E-state index is 3.61. The van der Waals surface area contributed by atoms with Crippen LogP contribution in [-0.2, 0) is 6.42 Å². The van der Waals surface area contributed by atoms with E-state index in [4.69, 9.17) is 0 Å². The Morgan fingerprint density at radius 3 is 2.84 bits per heavy atom. The molecular weight excluding hydrogens is 250 g/mol. The Bertz CT molecular complexity index is 352. The van der Waals surface area contributed by atoms with Crippen molar-refractivity contribution >= 4 is 11.8 Å². The van der Waals surface area contributed by atoms with E-state index < -0.39 is 0 Å². The summed E-state index contributed by atoms with van der Waals surface area (Å²) >= 11 is 2.10. The van der Waals surface area contributed by atoms with Crippen LogP contribution in [0.15, 0.2) is 29.2 Å². The molecule has 0 bridgehead atoms. The number of thioether (sulfide) groups is 1. The fourth-order valence-electron chi connectivity index (χ4n) is 2.95. The van der Waals surface area contributed by atoms with Crippen molar-refractivity contribution in [3.8, 4) is 0 Å². The summed E-state index contributed by atoms with van der Waals surface area (Å²) in [4.78, 5) is 1.52. The van der Waals surface area contributed by atoms with Gasteiger partial charge in [-0.25, -0.2) is 0 Å². The summed E-state index contributed by atoms with van der Waals surface area (Å²) in [5, 5.41) is 4.41. The largest absolute Gasteiger partial charge is 0.316 e. The predicted octanol–water partition coefficient (Wildman–Crippen LogP) is 4.51. The number of rotatable bonds is 8. The van der Waals surface area contributed by atoms with E-state index in [9.17, 15) is 0 Å². The van der Waals surface area contributed by atoms with Gasteiger partial charge >= 0.3 is 0 Å². The highest BCUT2D eigenvalue weighted by molar-refractivity contribution is 8.00. The summed E-state index contributed by atoms with van der Waals surface area (Å²) < 4.78 is 0. The van der Waals surface area contributed by atoms with Crippen molar-refractivity contribution in [3.63, 3.8) is 0 Å². The van der Waals surface area contributed by atoms with Gasteiger partial charge in [-0.3, -0.25) is 0 Å².